The zero-order valence-electron chi connectivity index (χ0n) is 15.0. The lowest BCUT2D eigenvalue weighted by Gasteiger charge is -2.33. The first-order valence-electron chi connectivity index (χ1n) is 8.79. The first-order chi connectivity index (χ1) is 13.1. The van der Waals surface area contributed by atoms with Crippen molar-refractivity contribution in [2.24, 2.45) is 0 Å². The number of amides is 1. The Morgan fingerprint density at radius 1 is 1.04 bits per heavy atom. The number of likely N-dealkylation sites (N-methyl/N-ethyl adjacent to an activating group) is 1. The molecule has 0 bridgehead atoms. The molecule has 1 fully saturated rings. The number of carbonyl (C=O) groups is 1. The number of piperazine rings is 1. The van der Waals surface area contributed by atoms with Crippen molar-refractivity contribution in [2.75, 3.05) is 43.4 Å². The second kappa shape index (κ2) is 7.16. The molecule has 138 valence electrons. The van der Waals surface area contributed by atoms with Crippen molar-refractivity contribution < 1.29 is 4.79 Å². The molecule has 8 heteroatoms. The summed E-state index contributed by atoms with van der Waals surface area (Å²) in [5.41, 5.74) is 0.620. The van der Waals surface area contributed by atoms with E-state index in [1.807, 2.05) is 6.07 Å². The third kappa shape index (κ3) is 3.52. The molecule has 0 aliphatic carbocycles. The molecule has 1 aliphatic heterocycles. The minimum Gasteiger partial charge on any atom is -0.354 e. The van der Waals surface area contributed by atoms with Crippen LogP contribution in [-0.2, 0) is 0 Å². The number of rotatable bonds is 3. The van der Waals surface area contributed by atoms with Crippen molar-refractivity contribution in [3.8, 4) is 0 Å². The van der Waals surface area contributed by atoms with Gasteiger partial charge in [-0.25, -0.2) is 9.97 Å². The summed E-state index contributed by atoms with van der Waals surface area (Å²) in [7, 11) is 2.10. The Morgan fingerprint density at radius 3 is 2.59 bits per heavy atom. The van der Waals surface area contributed by atoms with Crippen LogP contribution in [0.5, 0.6) is 0 Å². The van der Waals surface area contributed by atoms with E-state index in [1.54, 1.807) is 36.7 Å². The molecule has 8 nitrogen and oxygen atoms in total. The normalized spacial score (nSPS) is 15.1. The van der Waals surface area contributed by atoms with E-state index in [1.165, 1.54) is 10.6 Å². The number of carbonyl (C=O) groups excluding carboxylic acids is 1. The van der Waals surface area contributed by atoms with Crippen LogP contribution < -0.4 is 15.8 Å². The molecule has 3 aromatic rings. The number of hydrogen-bond donors (Lipinski definition) is 1. The van der Waals surface area contributed by atoms with Crippen LogP contribution in [0, 0.1) is 0 Å². The summed E-state index contributed by atoms with van der Waals surface area (Å²) >= 11 is 0. The minimum atomic E-state index is -0.500. The highest BCUT2D eigenvalue weighted by Crippen LogP contribution is 2.16. The quantitative estimate of drug-likeness (QED) is 0.749. The molecular formula is C19H20N6O2. The summed E-state index contributed by atoms with van der Waals surface area (Å²) in [6.07, 6.45) is 4.50. The van der Waals surface area contributed by atoms with Gasteiger partial charge in [-0.05, 0) is 31.3 Å². The fourth-order valence-electron chi connectivity index (χ4n) is 3.06. The van der Waals surface area contributed by atoms with Crippen LogP contribution in [0.1, 0.15) is 10.4 Å². The van der Waals surface area contributed by atoms with E-state index < -0.39 is 11.5 Å². The van der Waals surface area contributed by atoms with Crippen molar-refractivity contribution in [1.82, 2.24) is 19.3 Å². The molecule has 4 heterocycles. The van der Waals surface area contributed by atoms with E-state index >= 15 is 0 Å². The molecule has 0 atom stereocenters. The molecule has 1 amide bonds. The lowest BCUT2D eigenvalue weighted by atomic mass is 10.2. The molecule has 27 heavy (non-hydrogen) atoms. The van der Waals surface area contributed by atoms with Gasteiger partial charge in [0.15, 0.2) is 0 Å². The largest absolute Gasteiger partial charge is 0.354 e. The van der Waals surface area contributed by atoms with Crippen molar-refractivity contribution in [2.45, 2.75) is 0 Å². The summed E-state index contributed by atoms with van der Waals surface area (Å²) in [5, 5.41) is 2.72. The van der Waals surface area contributed by atoms with Crippen LogP contribution in [0.3, 0.4) is 0 Å². The van der Waals surface area contributed by atoms with Crippen LogP contribution >= 0.6 is 0 Å². The van der Waals surface area contributed by atoms with E-state index in [4.69, 9.17) is 0 Å². The Labute approximate surface area is 156 Å². The van der Waals surface area contributed by atoms with Crippen molar-refractivity contribution in [1.29, 1.82) is 0 Å². The van der Waals surface area contributed by atoms with Crippen molar-refractivity contribution >= 4 is 23.1 Å². The third-order valence-corrected chi connectivity index (χ3v) is 4.69. The van der Waals surface area contributed by atoms with E-state index in [0.717, 1.165) is 32.0 Å². The Morgan fingerprint density at radius 2 is 1.85 bits per heavy atom. The zero-order valence-corrected chi connectivity index (χ0v) is 15.0. The number of nitrogens with one attached hydrogen (secondary N) is 1. The molecule has 4 rings (SSSR count). The summed E-state index contributed by atoms with van der Waals surface area (Å²) in [6, 6.07) is 8.90. The third-order valence-electron chi connectivity index (χ3n) is 4.69. The molecule has 0 saturated carbocycles. The molecule has 3 aromatic heterocycles. The van der Waals surface area contributed by atoms with Crippen molar-refractivity contribution in [3.63, 3.8) is 0 Å². The highest BCUT2D eigenvalue weighted by atomic mass is 16.2. The standard InChI is InChI=1S/C19H20N6O2/c1-23-8-10-24(11-9-23)16-6-5-14(12-20-16)22-18(26)15-13-21-17-4-2-3-7-25(17)19(15)27/h2-7,12-13H,8-11H2,1H3,(H,22,26). The minimum absolute atomic E-state index is 0.0122. The number of nitrogens with zero attached hydrogens (tertiary/aromatic N) is 5. The summed E-state index contributed by atoms with van der Waals surface area (Å²) in [5.74, 6) is 0.383. The maximum atomic E-state index is 12.5. The Balaban J connectivity index is 1.50. The van der Waals surface area contributed by atoms with Crippen LogP contribution in [0.15, 0.2) is 53.7 Å². The predicted molar refractivity (Wildman–Crippen MR) is 103 cm³/mol. The lowest BCUT2D eigenvalue weighted by Crippen LogP contribution is -2.44. The monoisotopic (exact) mass is 364 g/mol. The molecule has 0 radical (unpaired) electrons. The fraction of sp³-hybridized carbons (Fsp3) is 0.263. The highest BCUT2D eigenvalue weighted by molar-refractivity contribution is 6.03. The first-order valence-corrected chi connectivity index (χ1v) is 8.79. The first kappa shape index (κ1) is 17.2. The molecule has 1 N–H and O–H groups in total. The number of hydrogen-bond acceptors (Lipinski definition) is 6. The van der Waals surface area contributed by atoms with Gasteiger partial charge in [0.05, 0.1) is 11.9 Å². The highest BCUT2D eigenvalue weighted by Gasteiger charge is 2.16. The van der Waals surface area contributed by atoms with Gasteiger partial charge in [-0.15, -0.1) is 0 Å². The van der Waals surface area contributed by atoms with Gasteiger partial charge in [-0.2, -0.15) is 0 Å². The van der Waals surface area contributed by atoms with Gasteiger partial charge in [-0.3, -0.25) is 14.0 Å². The molecule has 0 spiro atoms. The molecule has 1 saturated heterocycles. The fourth-order valence-corrected chi connectivity index (χ4v) is 3.06. The number of pyridine rings is 2. The van der Waals surface area contributed by atoms with E-state index in [2.05, 4.69) is 32.1 Å². The van der Waals surface area contributed by atoms with Crippen LogP contribution in [0.2, 0.25) is 0 Å². The maximum absolute atomic E-state index is 12.5. The van der Waals surface area contributed by atoms with E-state index in [9.17, 15) is 9.59 Å². The van der Waals surface area contributed by atoms with Gasteiger partial charge >= 0.3 is 0 Å². The molecule has 0 unspecified atom stereocenters. The zero-order chi connectivity index (χ0) is 18.8. The van der Waals surface area contributed by atoms with Crippen molar-refractivity contribution in [3.05, 3.63) is 64.8 Å². The van der Waals surface area contributed by atoms with Crippen LogP contribution in [0.25, 0.3) is 5.65 Å². The van der Waals surface area contributed by atoms with E-state index in [0.29, 0.717) is 11.3 Å². The van der Waals surface area contributed by atoms with Gasteiger partial charge in [-0.1, -0.05) is 6.07 Å². The Hall–Kier alpha value is -3.26. The lowest BCUT2D eigenvalue weighted by molar-refractivity contribution is 0.102. The second-order valence-electron chi connectivity index (χ2n) is 6.56. The average molecular weight is 364 g/mol. The smallest absolute Gasteiger partial charge is 0.270 e. The van der Waals surface area contributed by atoms with Gasteiger partial charge in [0, 0.05) is 38.6 Å². The SMILES string of the molecule is CN1CCN(c2ccc(NC(=O)c3cnc4ccccn4c3=O)cn2)CC1. The average Bonchev–Trinajstić information content (AvgIpc) is 2.70. The van der Waals surface area contributed by atoms with Crippen LogP contribution in [-0.4, -0.2) is 58.4 Å². The topological polar surface area (TPSA) is 82.8 Å². The maximum Gasteiger partial charge on any atom is 0.270 e. The van der Waals surface area contributed by atoms with Gasteiger partial charge in [0.1, 0.15) is 17.0 Å². The van der Waals surface area contributed by atoms with Gasteiger partial charge < -0.3 is 15.1 Å². The molecule has 0 aromatic carbocycles. The summed E-state index contributed by atoms with van der Waals surface area (Å²) < 4.78 is 1.35. The Kier molecular flexibility index (Phi) is 4.55. The number of fused-ring (bicyclic) bond motifs is 1. The van der Waals surface area contributed by atoms with Gasteiger partial charge in [0.25, 0.3) is 11.5 Å². The summed E-state index contributed by atoms with van der Waals surface area (Å²) in [6.45, 7) is 3.85. The van der Waals surface area contributed by atoms with E-state index in [-0.39, 0.29) is 5.56 Å². The second-order valence-corrected chi connectivity index (χ2v) is 6.56. The van der Waals surface area contributed by atoms with Crippen LogP contribution in [0.4, 0.5) is 11.5 Å². The van der Waals surface area contributed by atoms with Gasteiger partial charge in [0.2, 0.25) is 0 Å². The molecular weight excluding hydrogens is 344 g/mol. The molecule has 1 aliphatic rings. The number of anilines is 2. The Bertz CT molecular complexity index is 1020. The number of aromatic nitrogens is 3. The summed E-state index contributed by atoms with van der Waals surface area (Å²) in [4.78, 5) is 38.1. The predicted octanol–water partition coefficient (Wildman–Crippen LogP) is 1.09.